The molecule has 0 saturated carbocycles. The molecule has 5 heteroatoms. The summed E-state index contributed by atoms with van der Waals surface area (Å²) in [6, 6.07) is 13.4. The lowest BCUT2D eigenvalue weighted by Crippen LogP contribution is -2.28. The van der Waals surface area contributed by atoms with E-state index >= 15 is 0 Å². The maximum atomic E-state index is 12.3. The van der Waals surface area contributed by atoms with Gasteiger partial charge in [-0.2, -0.15) is 0 Å². The monoisotopic (exact) mass is 323 g/mol. The number of carbonyl (C=O) groups excluding carboxylic acids is 2. The molecule has 1 aromatic carbocycles. The number of nitrogens with one attached hydrogen (secondary N) is 2. The molecule has 0 radical (unpaired) electrons. The first-order valence-corrected chi connectivity index (χ1v) is 7.78. The van der Waals surface area contributed by atoms with E-state index in [1.165, 1.54) is 11.6 Å². The summed E-state index contributed by atoms with van der Waals surface area (Å²) in [5.74, 6) is -0.205. The lowest BCUT2D eigenvalue weighted by atomic mass is 10.0. The summed E-state index contributed by atoms with van der Waals surface area (Å²) in [5.41, 5.74) is 2.32. The summed E-state index contributed by atoms with van der Waals surface area (Å²) in [5, 5.41) is 5.57. The second-order valence-electron chi connectivity index (χ2n) is 5.48. The molecule has 0 fully saturated rings. The first-order chi connectivity index (χ1) is 11.6. The second-order valence-corrected chi connectivity index (χ2v) is 5.48. The van der Waals surface area contributed by atoms with Crippen LogP contribution in [0.1, 0.15) is 34.5 Å². The zero-order valence-electron chi connectivity index (χ0n) is 13.7. The van der Waals surface area contributed by atoms with E-state index in [1.807, 2.05) is 30.3 Å². The number of benzene rings is 1. The number of aromatic nitrogens is 1. The first-order valence-electron chi connectivity index (χ1n) is 7.78. The Kier molecular flexibility index (Phi) is 6.25. The largest absolute Gasteiger partial charge is 0.351 e. The standard InChI is InChI=1S/C19H21N3O2/c1-3-18(23)21-13-17-11-16(9-10-20-17)19(24)22-12-14(2)15-7-5-4-6-8-15/h3-11,14H,1,12-13H2,2H3,(H,21,23)(H,22,24)/t14-/m1/s1. The summed E-state index contributed by atoms with van der Waals surface area (Å²) in [7, 11) is 0. The van der Waals surface area contributed by atoms with E-state index in [0.29, 0.717) is 17.8 Å². The van der Waals surface area contributed by atoms with Crippen LogP contribution in [0.15, 0.2) is 61.3 Å². The van der Waals surface area contributed by atoms with E-state index in [9.17, 15) is 9.59 Å². The van der Waals surface area contributed by atoms with Crippen molar-refractivity contribution in [1.82, 2.24) is 15.6 Å². The third-order valence-electron chi connectivity index (χ3n) is 3.65. The van der Waals surface area contributed by atoms with Crippen molar-refractivity contribution in [2.24, 2.45) is 0 Å². The summed E-state index contributed by atoms with van der Waals surface area (Å²) >= 11 is 0. The molecule has 1 atom stereocenters. The number of hydrogen-bond acceptors (Lipinski definition) is 3. The lowest BCUT2D eigenvalue weighted by molar-refractivity contribution is -0.116. The maximum absolute atomic E-state index is 12.3. The van der Waals surface area contributed by atoms with Gasteiger partial charge >= 0.3 is 0 Å². The molecule has 24 heavy (non-hydrogen) atoms. The van der Waals surface area contributed by atoms with Crippen molar-refractivity contribution >= 4 is 11.8 Å². The Bertz CT molecular complexity index is 714. The van der Waals surface area contributed by atoms with Gasteiger partial charge in [-0.05, 0) is 29.7 Å². The first kappa shape index (κ1) is 17.4. The average molecular weight is 323 g/mol. The Hall–Kier alpha value is -2.95. The highest BCUT2D eigenvalue weighted by molar-refractivity contribution is 5.94. The van der Waals surface area contributed by atoms with Crippen LogP contribution >= 0.6 is 0 Å². The Morgan fingerprint density at radius 2 is 1.96 bits per heavy atom. The van der Waals surface area contributed by atoms with Crippen LogP contribution in [0.3, 0.4) is 0 Å². The van der Waals surface area contributed by atoms with Crippen molar-refractivity contribution in [3.63, 3.8) is 0 Å². The van der Waals surface area contributed by atoms with E-state index < -0.39 is 0 Å². The van der Waals surface area contributed by atoms with Crippen molar-refractivity contribution in [2.75, 3.05) is 6.54 Å². The summed E-state index contributed by atoms with van der Waals surface area (Å²) < 4.78 is 0. The molecular weight excluding hydrogens is 302 g/mol. The van der Waals surface area contributed by atoms with Crippen LogP contribution in [0, 0.1) is 0 Å². The molecule has 0 aliphatic rings. The van der Waals surface area contributed by atoms with E-state index in [2.05, 4.69) is 29.1 Å². The molecule has 0 spiro atoms. The molecule has 2 rings (SSSR count). The van der Waals surface area contributed by atoms with Crippen LogP contribution < -0.4 is 10.6 Å². The van der Waals surface area contributed by atoms with E-state index in [4.69, 9.17) is 0 Å². The zero-order chi connectivity index (χ0) is 17.4. The smallest absolute Gasteiger partial charge is 0.251 e. The average Bonchev–Trinajstić information content (AvgIpc) is 2.64. The fourth-order valence-corrected chi connectivity index (χ4v) is 2.21. The Morgan fingerprint density at radius 3 is 2.67 bits per heavy atom. The number of carbonyl (C=O) groups is 2. The molecule has 0 saturated heterocycles. The van der Waals surface area contributed by atoms with E-state index in [-0.39, 0.29) is 24.3 Å². The second kappa shape index (κ2) is 8.62. The topological polar surface area (TPSA) is 71.1 Å². The molecule has 0 unspecified atom stereocenters. The van der Waals surface area contributed by atoms with Crippen molar-refractivity contribution < 1.29 is 9.59 Å². The third-order valence-corrected chi connectivity index (χ3v) is 3.65. The van der Waals surface area contributed by atoms with Gasteiger partial charge in [0, 0.05) is 18.3 Å². The number of hydrogen-bond donors (Lipinski definition) is 2. The predicted molar refractivity (Wildman–Crippen MR) is 93.5 cm³/mol. The van der Waals surface area contributed by atoms with Crippen LogP contribution in [-0.2, 0) is 11.3 Å². The van der Waals surface area contributed by atoms with Crippen LogP contribution in [0.25, 0.3) is 0 Å². The lowest BCUT2D eigenvalue weighted by Gasteiger charge is -2.13. The molecule has 1 heterocycles. The Balaban J connectivity index is 1.92. The highest BCUT2D eigenvalue weighted by Gasteiger charge is 2.10. The number of rotatable bonds is 7. The van der Waals surface area contributed by atoms with Gasteiger partial charge in [-0.25, -0.2) is 0 Å². The summed E-state index contributed by atoms with van der Waals surface area (Å²) in [6.07, 6.45) is 2.76. The fourth-order valence-electron chi connectivity index (χ4n) is 2.21. The molecule has 0 aliphatic heterocycles. The molecule has 124 valence electrons. The molecule has 0 bridgehead atoms. The minimum Gasteiger partial charge on any atom is -0.351 e. The van der Waals surface area contributed by atoms with Gasteiger partial charge in [-0.15, -0.1) is 0 Å². The zero-order valence-corrected chi connectivity index (χ0v) is 13.7. The van der Waals surface area contributed by atoms with Gasteiger partial charge < -0.3 is 10.6 Å². The van der Waals surface area contributed by atoms with E-state index in [1.54, 1.807) is 18.3 Å². The number of pyridine rings is 1. The van der Waals surface area contributed by atoms with Gasteiger partial charge in [0.1, 0.15) is 0 Å². The van der Waals surface area contributed by atoms with Gasteiger partial charge in [0.25, 0.3) is 5.91 Å². The molecule has 5 nitrogen and oxygen atoms in total. The molecule has 2 N–H and O–H groups in total. The molecular formula is C19H21N3O2. The van der Waals surface area contributed by atoms with Gasteiger partial charge in [-0.3, -0.25) is 14.6 Å². The SMILES string of the molecule is C=CC(=O)NCc1cc(C(=O)NC[C@@H](C)c2ccccc2)ccn1. The predicted octanol–water partition coefficient (Wildman–Crippen LogP) is 2.42. The Morgan fingerprint density at radius 1 is 1.21 bits per heavy atom. The molecule has 0 aliphatic carbocycles. The molecule has 2 aromatic rings. The van der Waals surface area contributed by atoms with Crippen LogP contribution in [0.2, 0.25) is 0 Å². The summed E-state index contributed by atoms with van der Waals surface area (Å²) in [6.45, 7) is 6.26. The highest BCUT2D eigenvalue weighted by Crippen LogP contribution is 2.13. The number of nitrogens with zero attached hydrogens (tertiary/aromatic N) is 1. The van der Waals surface area contributed by atoms with Gasteiger partial charge in [-0.1, -0.05) is 43.8 Å². The molecule has 2 amide bonds. The molecule has 1 aromatic heterocycles. The number of amides is 2. The van der Waals surface area contributed by atoms with Crippen LogP contribution in [-0.4, -0.2) is 23.3 Å². The highest BCUT2D eigenvalue weighted by atomic mass is 16.2. The fraction of sp³-hybridized carbons (Fsp3) is 0.211. The quantitative estimate of drug-likeness (QED) is 0.769. The van der Waals surface area contributed by atoms with Gasteiger partial charge in [0.05, 0.1) is 12.2 Å². The van der Waals surface area contributed by atoms with Crippen molar-refractivity contribution in [3.8, 4) is 0 Å². The van der Waals surface area contributed by atoms with Crippen molar-refractivity contribution in [2.45, 2.75) is 19.4 Å². The minimum absolute atomic E-state index is 0.156. The summed E-state index contributed by atoms with van der Waals surface area (Å²) in [4.78, 5) is 27.6. The minimum atomic E-state index is -0.275. The normalized spacial score (nSPS) is 11.4. The van der Waals surface area contributed by atoms with Crippen molar-refractivity contribution in [3.05, 3.63) is 78.1 Å². The third kappa shape index (κ3) is 5.05. The van der Waals surface area contributed by atoms with Crippen LogP contribution in [0.5, 0.6) is 0 Å². The van der Waals surface area contributed by atoms with Crippen molar-refractivity contribution in [1.29, 1.82) is 0 Å². The maximum Gasteiger partial charge on any atom is 0.251 e. The van der Waals surface area contributed by atoms with Crippen LogP contribution in [0.4, 0.5) is 0 Å². The van der Waals surface area contributed by atoms with Gasteiger partial charge in [0.2, 0.25) is 5.91 Å². The Labute approximate surface area is 141 Å². The van der Waals surface area contributed by atoms with E-state index in [0.717, 1.165) is 0 Å². The van der Waals surface area contributed by atoms with Gasteiger partial charge in [0.15, 0.2) is 0 Å².